The van der Waals surface area contributed by atoms with Crippen LogP contribution in [0.25, 0.3) is 0 Å². The number of methoxy groups -OCH3 is 2. The van der Waals surface area contributed by atoms with Crippen molar-refractivity contribution in [3.8, 4) is 17.6 Å². The molecule has 3 aromatic rings. The number of nitriles is 1. The summed E-state index contributed by atoms with van der Waals surface area (Å²) in [5.41, 5.74) is 4.36. The maximum atomic E-state index is 13.0. The summed E-state index contributed by atoms with van der Waals surface area (Å²) in [6.45, 7) is 0.919. The van der Waals surface area contributed by atoms with E-state index in [9.17, 15) is 10.1 Å². The Hall–Kier alpha value is -3.82. The zero-order chi connectivity index (χ0) is 22.5. The van der Waals surface area contributed by atoms with Gasteiger partial charge in [-0.3, -0.25) is 9.69 Å². The summed E-state index contributed by atoms with van der Waals surface area (Å²) in [5, 5.41) is 12.2. The Balaban J connectivity index is 1.66. The van der Waals surface area contributed by atoms with Gasteiger partial charge in [0.15, 0.2) is 11.5 Å². The third-order valence-corrected chi connectivity index (χ3v) is 5.76. The Morgan fingerprint density at radius 1 is 1.06 bits per heavy atom. The maximum Gasteiger partial charge on any atom is 0.238 e. The van der Waals surface area contributed by atoms with Gasteiger partial charge in [0.2, 0.25) is 5.91 Å². The summed E-state index contributed by atoms with van der Waals surface area (Å²) < 4.78 is 11.0. The van der Waals surface area contributed by atoms with Crippen LogP contribution in [0.5, 0.6) is 11.5 Å². The average molecular weight is 428 g/mol. The van der Waals surface area contributed by atoms with Crippen LogP contribution in [0, 0.1) is 11.3 Å². The van der Waals surface area contributed by atoms with Crippen LogP contribution >= 0.6 is 0 Å². The molecule has 6 heteroatoms. The lowest BCUT2D eigenvalue weighted by atomic mass is 9.87. The van der Waals surface area contributed by atoms with Gasteiger partial charge in [-0.2, -0.15) is 5.26 Å². The molecule has 6 nitrogen and oxygen atoms in total. The Kier molecular flexibility index (Phi) is 6.39. The first kappa shape index (κ1) is 21.4. The molecule has 0 saturated heterocycles. The van der Waals surface area contributed by atoms with E-state index in [1.165, 1.54) is 5.56 Å². The molecule has 0 radical (unpaired) electrons. The lowest BCUT2D eigenvalue weighted by Gasteiger charge is -2.37. The first-order valence-corrected chi connectivity index (χ1v) is 10.5. The van der Waals surface area contributed by atoms with E-state index >= 15 is 0 Å². The summed E-state index contributed by atoms with van der Waals surface area (Å²) >= 11 is 0. The Morgan fingerprint density at radius 3 is 2.47 bits per heavy atom. The number of hydrogen-bond donors (Lipinski definition) is 1. The van der Waals surface area contributed by atoms with Crippen LogP contribution in [-0.2, 0) is 11.2 Å². The summed E-state index contributed by atoms with van der Waals surface area (Å²) in [4.78, 5) is 15.1. The molecular formula is C26H25N3O3. The largest absolute Gasteiger partial charge is 0.493 e. The van der Waals surface area contributed by atoms with E-state index in [0.29, 0.717) is 22.7 Å². The van der Waals surface area contributed by atoms with E-state index < -0.39 is 0 Å². The van der Waals surface area contributed by atoms with Crippen molar-refractivity contribution in [1.82, 2.24) is 4.90 Å². The minimum Gasteiger partial charge on any atom is -0.493 e. The number of rotatable bonds is 6. The van der Waals surface area contributed by atoms with Crippen LogP contribution in [0.15, 0.2) is 66.7 Å². The Labute approximate surface area is 188 Å². The van der Waals surface area contributed by atoms with Crippen molar-refractivity contribution in [2.24, 2.45) is 0 Å². The third kappa shape index (κ3) is 4.29. The van der Waals surface area contributed by atoms with Crippen molar-refractivity contribution in [1.29, 1.82) is 5.26 Å². The predicted octanol–water partition coefficient (Wildman–Crippen LogP) is 4.16. The summed E-state index contributed by atoms with van der Waals surface area (Å²) in [5.74, 6) is 1.22. The summed E-state index contributed by atoms with van der Waals surface area (Å²) in [6.07, 6.45) is 0.793. The van der Waals surface area contributed by atoms with E-state index in [4.69, 9.17) is 9.47 Å². The van der Waals surface area contributed by atoms with E-state index in [-0.39, 0.29) is 18.5 Å². The van der Waals surface area contributed by atoms with Crippen molar-refractivity contribution in [2.75, 3.05) is 32.6 Å². The average Bonchev–Trinajstić information content (AvgIpc) is 2.83. The maximum absolute atomic E-state index is 13.0. The highest BCUT2D eigenvalue weighted by Crippen LogP contribution is 2.40. The highest BCUT2D eigenvalue weighted by Gasteiger charge is 2.31. The number of para-hydroxylation sites is 1. The topological polar surface area (TPSA) is 74.6 Å². The second-order valence-electron chi connectivity index (χ2n) is 7.65. The molecule has 0 aromatic heterocycles. The van der Waals surface area contributed by atoms with Crippen LogP contribution < -0.4 is 14.8 Å². The van der Waals surface area contributed by atoms with Crippen molar-refractivity contribution in [3.05, 3.63) is 89.0 Å². The number of carbonyl (C=O) groups is 1. The number of ether oxygens (including phenoxy) is 2. The van der Waals surface area contributed by atoms with E-state index in [1.54, 1.807) is 38.5 Å². The molecule has 4 rings (SSSR count). The standard InChI is InChI=1S/C26H25N3O3/c1-31-23-14-19-12-13-29(17-25(30)28-22-11-7-6-10-20(22)16-27)26(18-8-4-3-5-9-18)21(19)15-24(23)32-2/h3-11,14-15,26H,12-13,17H2,1-2H3,(H,28,30)/t26-/m0/s1. The number of benzene rings is 3. The zero-order valence-corrected chi connectivity index (χ0v) is 18.2. The van der Waals surface area contributed by atoms with E-state index in [1.807, 2.05) is 30.3 Å². The summed E-state index contributed by atoms with van der Waals surface area (Å²) in [6, 6.07) is 23.2. The fourth-order valence-corrected chi connectivity index (χ4v) is 4.26. The predicted molar refractivity (Wildman–Crippen MR) is 123 cm³/mol. The first-order chi connectivity index (χ1) is 15.6. The molecule has 1 heterocycles. The van der Waals surface area contributed by atoms with Crippen LogP contribution in [0.1, 0.15) is 28.3 Å². The molecule has 1 amide bonds. The van der Waals surface area contributed by atoms with Gasteiger partial charge in [-0.1, -0.05) is 42.5 Å². The Morgan fingerprint density at radius 2 is 1.75 bits per heavy atom. The van der Waals surface area contributed by atoms with Gasteiger partial charge in [0.1, 0.15) is 6.07 Å². The highest BCUT2D eigenvalue weighted by molar-refractivity contribution is 5.93. The van der Waals surface area contributed by atoms with Gasteiger partial charge >= 0.3 is 0 Å². The minimum absolute atomic E-state index is 0.100. The van der Waals surface area contributed by atoms with Crippen molar-refractivity contribution < 1.29 is 14.3 Å². The lowest BCUT2D eigenvalue weighted by molar-refractivity contribution is -0.117. The molecule has 1 N–H and O–H groups in total. The third-order valence-electron chi connectivity index (χ3n) is 5.76. The lowest BCUT2D eigenvalue weighted by Crippen LogP contribution is -2.41. The number of anilines is 1. The molecule has 0 bridgehead atoms. The molecule has 1 aliphatic heterocycles. The normalized spacial score (nSPS) is 15.3. The number of fused-ring (bicyclic) bond motifs is 1. The van der Waals surface area contributed by atoms with Crippen molar-refractivity contribution >= 4 is 11.6 Å². The zero-order valence-electron chi connectivity index (χ0n) is 18.2. The molecule has 0 saturated carbocycles. The number of nitrogens with zero attached hydrogens (tertiary/aromatic N) is 2. The van der Waals surface area contributed by atoms with Crippen LogP contribution in [0.2, 0.25) is 0 Å². The highest BCUT2D eigenvalue weighted by atomic mass is 16.5. The van der Waals surface area contributed by atoms with Gasteiger partial charge < -0.3 is 14.8 Å². The number of nitrogens with one attached hydrogen (secondary N) is 1. The fraction of sp³-hybridized carbons (Fsp3) is 0.231. The molecule has 0 unspecified atom stereocenters. The molecule has 0 fully saturated rings. The quantitative estimate of drug-likeness (QED) is 0.639. The second-order valence-corrected chi connectivity index (χ2v) is 7.65. The monoisotopic (exact) mass is 427 g/mol. The summed E-state index contributed by atoms with van der Waals surface area (Å²) in [7, 11) is 3.26. The number of hydrogen-bond acceptors (Lipinski definition) is 5. The molecule has 162 valence electrons. The van der Waals surface area contributed by atoms with Crippen LogP contribution in [0.3, 0.4) is 0 Å². The van der Waals surface area contributed by atoms with E-state index in [2.05, 4.69) is 28.4 Å². The molecule has 1 aliphatic rings. The van der Waals surface area contributed by atoms with E-state index in [0.717, 1.165) is 24.1 Å². The molecule has 1 atom stereocenters. The van der Waals surface area contributed by atoms with Gasteiger partial charge in [-0.05, 0) is 47.4 Å². The molecule has 0 aliphatic carbocycles. The Bertz CT molecular complexity index is 1150. The molecule has 0 spiro atoms. The number of carbonyl (C=O) groups excluding carboxylic acids is 1. The number of amides is 1. The van der Waals surface area contributed by atoms with Gasteiger partial charge in [0.05, 0.1) is 38.1 Å². The van der Waals surface area contributed by atoms with Crippen LogP contribution in [-0.4, -0.2) is 38.1 Å². The fourth-order valence-electron chi connectivity index (χ4n) is 4.26. The molecule has 3 aromatic carbocycles. The minimum atomic E-state index is -0.155. The second kappa shape index (κ2) is 9.54. The van der Waals surface area contributed by atoms with Crippen LogP contribution in [0.4, 0.5) is 5.69 Å². The SMILES string of the molecule is COc1cc2c(cc1OC)[C@H](c1ccccc1)N(CC(=O)Nc1ccccc1C#N)CC2. The first-order valence-electron chi connectivity index (χ1n) is 10.5. The van der Waals surface area contributed by atoms with Crippen molar-refractivity contribution in [2.45, 2.75) is 12.5 Å². The molecular weight excluding hydrogens is 402 g/mol. The van der Waals surface area contributed by atoms with Crippen molar-refractivity contribution in [3.63, 3.8) is 0 Å². The van der Waals surface area contributed by atoms with Gasteiger partial charge in [0.25, 0.3) is 0 Å². The van der Waals surface area contributed by atoms with Gasteiger partial charge in [0, 0.05) is 6.54 Å². The van der Waals surface area contributed by atoms with Gasteiger partial charge in [-0.25, -0.2) is 0 Å². The smallest absolute Gasteiger partial charge is 0.238 e. The molecule has 32 heavy (non-hydrogen) atoms. The van der Waals surface area contributed by atoms with Gasteiger partial charge in [-0.15, -0.1) is 0 Å².